The molecular formula is C15H13F3N2O2S. The first-order chi connectivity index (χ1) is 10.9. The van der Waals surface area contributed by atoms with Crippen molar-refractivity contribution in [2.75, 3.05) is 11.4 Å². The average molecular weight is 342 g/mol. The summed E-state index contributed by atoms with van der Waals surface area (Å²) in [5, 5.41) is 13.2. The van der Waals surface area contributed by atoms with Crippen molar-refractivity contribution < 1.29 is 18.1 Å². The Morgan fingerprint density at radius 3 is 2.70 bits per heavy atom. The summed E-state index contributed by atoms with van der Waals surface area (Å²) < 4.78 is 38.4. The molecule has 122 valence electrons. The van der Waals surface area contributed by atoms with Gasteiger partial charge in [-0.15, -0.1) is 11.3 Å². The lowest BCUT2D eigenvalue weighted by Gasteiger charge is -2.26. The van der Waals surface area contributed by atoms with Gasteiger partial charge in [0.2, 0.25) is 0 Å². The van der Waals surface area contributed by atoms with Gasteiger partial charge in [-0.3, -0.25) is 10.1 Å². The predicted molar refractivity (Wildman–Crippen MR) is 81.7 cm³/mol. The molecule has 23 heavy (non-hydrogen) atoms. The van der Waals surface area contributed by atoms with Crippen LogP contribution in [0.1, 0.15) is 29.3 Å². The molecule has 1 atom stereocenters. The Morgan fingerprint density at radius 2 is 2.09 bits per heavy atom. The van der Waals surface area contributed by atoms with Crippen LogP contribution in [0.5, 0.6) is 0 Å². The summed E-state index contributed by atoms with van der Waals surface area (Å²) in [7, 11) is 0. The molecule has 0 bridgehead atoms. The quantitative estimate of drug-likeness (QED) is 0.581. The molecule has 3 rings (SSSR count). The number of halogens is 3. The molecule has 0 saturated carbocycles. The smallest absolute Gasteiger partial charge is 0.358 e. The number of nitro groups is 1. The maximum Gasteiger partial charge on any atom is 0.416 e. The molecule has 0 aliphatic carbocycles. The van der Waals surface area contributed by atoms with E-state index in [0.29, 0.717) is 12.6 Å². The molecule has 0 spiro atoms. The fraction of sp³-hybridized carbons (Fsp3) is 0.333. The number of alkyl halides is 3. The predicted octanol–water partition coefficient (Wildman–Crippen LogP) is 5.02. The van der Waals surface area contributed by atoms with E-state index in [0.717, 1.165) is 23.8 Å². The van der Waals surface area contributed by atoms with E-state index in [1.165, 1.54) is 6.07 Å². The fourth-order valence-electron chi connectivity index (χ4n) is 2.92. The molecule has 1 aliphatic rings. The van der Waals surface area contributed by atoms with E-state index in [2.05, 4.69) is 0 Å². The van der Waals surface area contributed by atoms with Gasteiger partial charge in [-0.25, -0.2) is 0 Å². The second kappa shape index (κ2) is 5.84. The van der Waals surface area contributed by atoms with E-state index in [1.807, 2.05) is 22.4 Å². The van der Waals surface area contributed by atoms with Gasteiger partial charge in [0.05, 0.1) is 16.5 Å². The highest BCUT2D eigenvalue weighted by Crippen LogP contribution is 2.43. The van der Waals surface area contributed by atoms with Gasteiger partial charge in [-0.2, -0.15) is 13.2 Å². The zero-order valence-corrected chi connectivity index (χ0v) is 12.7. The molecule has 4 nitrogen and oxygen atoms in total. The summed E-state index contributed by atoms with van der Waals surface area (Å²) in [5.74, 6) is 0. The molecule has 0 N–H and O–H groups in total. The Balaban J connectivity index is 2.03. The highest BCUT2D eigenvalue weighted by atomic mass is 32.1. The molecule has 0 radical (unpaired) electrons. The second-order valence-corrected chi connectivity index (χ2v) is 6.30. The molecule has 1 aliphatic heterocycles. The van der Waals surface area contributed by atoms with Crippen LogP contribution in [0.4, 0.5) is 24.5 Å². The molecule has 1 unspecified atom stereocenters. The van der Waals surface area contributed by atoms with Crippen molar-refractivity contribution in [3.63, 3.8) is 0 Å². The number of hydrogen-bond acceptors (Lipinski definition) is 4. The molecule has 1 aromatic heterocycles. The molecule has 0 amide bonds. The van der Waals surface area contributed by atoms with E-state index in [1.54, 1.807) is 11.3 Å². The Kier molecular flexibility index (Phi) is 4.01. The molecule has 1 fully saturated rings. The van der Waals surface area contributed by atoms with Gasteiger partial charge in [0, 0.05) is 17.5 Å². The van der Waals surface area contributed by atoms with Crippen LogP contribution in [0.25, 0.3) is 0 Å². The number of anilines is 1. The third-order valence-electron chi connectivity index (χ3n) is 3.93. The number of rotatable bonds is 3. The number of hydrogen-bond donors (Lipinski definition) is 0. The molecule has 1 aromatic carbocycles. The highest BCUT2D eigenvalue weighted by Gasteiger charge is 2.36. The number of nitro benzene ring substituents is 1. The van der Waals surface area contributed by atoms with Crippen LogP contribution in [0, 0.1) is 10.1 Å². The van der Waals surface area contributed by atoms with Gasteiger partial charge in [0.15, 0.2) is 0 Å². The minimum atomic E-state index is -4.60. The standard InChI is InChI=1S/C15H13F3N2O2S/c16-15(17,18)10-5-6-11(13(9-10)20(21)22)19-7-1-3-12(19)14-4-2-8-23-14/h2,4-6,8-9,12H,1,3,7H2. The molecule has 8 heteroatoms. The van der Waals surface area contributed by atoms with Crippen LogP contribution in [0.2, 0.25) is 0 Å². The van der Waals surface area contributed by atoms with Crippen LogP contribution in [-0.4, -0.2) is 11.5 Å². The van der Waals surface area contributed by atoms with Crippen molar-refractivity contribution >= 4 is 22.7 Å². The summed E-state index contributed by atoms with van der Waals surface area (Å²) in [6, 6.07) is 6.57. The Hall–Kier alpha value is -2.09. The zero-order valence-electron chi connectivity index (χ0n) is 11.9. The highest BCUT2D eigenvalue weighted by molar-refractivity contribution is 7.10. The van der Waals surface area contributed by atoms with Crippen molar-refractivity contribution in [1.82, 2.24) is 0 Å². The first-order valence-electron chi connectivity index (χ1n) is 7.03. The first-order valence-corrected chi connectivity index (χ1v) is 7.91. The minimum Gasteiger partial charge on any atom is -0.358 e. The third kappa shape index (κ3) is 3.03. The van der Waals surface area contributed by atoms with Gasteiger partial charge < -0.3 is 4.90 Å². The molecular weight excluding hydrogens is 329 g/mol. The third-order valence-corrected chi connectivity index (χ3v) is 4.91. The van der Waals surface area contributed by atoms with Crippen molar-refractivity contribution in [3.8, 4) is 0 Å². The van der Waals surface area contributed by atoms with Crippen molar-refractivity contribution in [3.05, 3.63) is 56.3 Å². The summed E-state index contributed by atoms with van der Waals surface area (Å²) in [6.45, 7) is 0.592. The maximum absolute atomic E-state index is 12.8. The van der Waals surface area contributed by atoms with Gasteiger partial charge in [0.25, 0.3) is 5.69 Å². The number of thiophene rings is 1. The van der Waals surface area contributed by atoms with Gasteiger partial charge in [-0.1, -0.05) is 6.07 Å². The monoisotopic (exact) mass is 342 g/mol. The zero-order chi connectivity index (χ0) is 16.6. The normalized spacial score (nSPS) is 18.4. The molecule has 1 saturated heterocycles. The number of nitrogens with zero attached hydrogens (tertiary/aromatic N) is 2. The topological polar surface area (TPSA) is 46.4 Å². The lowest BCUT2D eigenvalue weighted by Crippen LogP contribution is -2.23. The van der Waals surface area contributed by atoms with E-state index in [-0.39, 0.29) is 11.7 Å². The van der Waals surface area contributed by atoms with E-state index < -0.39 is 22.4 Å². The lowest BCUT2D eigenvalue weighted by atomic mass is 10.1. The van der Waals surface area contributed by atoms with Crippen LogP contribution in [-0.2, 0) is 6.18 Å². The largest absolute Gasteiger partial charge is 0.416 e. The minimum absolute atomic E-state index is 0.0227. The van der Waals surface area contributed by atoms with Crippen molar-refractivity contribution in [1.29, 1.82) is 0 Å². The Bertz CT molecular complexity index is 716. The van der Waals surface area contributed by atoms with Crippen LogP contribution >= 0.6 is 11.3 Å². The Labute approximate surface area is 134 Å². The van der Waals surface area contributed by atoms with Gasteiger partial charge >= 0.3 is 6.18 Å². The second-order valence-electron chi connectivity index (χ2n) is 5.33. The van der Waals surface area contributed by atoms with Gasteiger partial charge in [-0.05, 0) is 36.4 Å². The van der Waals surface area contributed by atoms with Crippen LogP contribution < -0.4 is 4.90 Å². The van der Waals surface area contributed by atoms with E-state index >= 15 is 0 Å². The average Bonchev–Trinajstić information content (AvgIpc) is 3.16. The molecule has 2 heterocycles. The fourth-order valence-corrected chi connectivity index (χ4v) is 3.79. The van der Waals surface area contributed by atoms with Crippen molar-refractivity contribution in [2.45, 2.75) is 25.1 Å². The van der Waals surface area contributed by atoms with Crippen LogP contribution in [0.15, 0.2) is 35.7 Å². The number of benzene rings is 1. The summed E-state index contributed by atoms with van der Waals surface area (Å²) in [5.41, 5.74) is -1.25. The summed E-state index contributed by atoms with van der Waals surface area (Å²) in [6.07, 6.45) is -2.92. The van der Waals surface area contributed by atoms with Crippen LogP contribution in [0.3, 0.4) is 0 Å². The Morgan fingerprint density at radius 1 is 1.30 bits per heavy atom. The van der Waals surface area contributed by atoms with Crippen molar-refractivity contribution in [2.24, 2.45) is 0 Å². The van der Waals surface area contributed by atoms with E-state index in [4.69, 9.17) is 0 Å². The SMILES string of the molecule is O=[N+]([O-])c1cc(C(F)(F)F)ccc1N1CCCC1c1cccs1. The lowest BCUT2D eigenvalue weighted by molar-refractivity contribution is -0.384. The molecule has 2 aromatic rings. The maximum atomic E-state index is 12.8. The summed E-state index contributed by atoms with van der Waals surface area (Å²) >= 11 is 1.55. The first kappa shape index (κ1) is 15.8. The van der Waals surface area contributed by atoms with E-state index in [9.17, 15) is 23.3 Å². The van der Waals surface area contributed by atoms with Gasteiger partial charge in [0.1, 0.15) is 5.69 Å². The summed E-state index contributed by atoms with van der Waals surface area (Å²) in [4.78, 5) is 13.4.